The molecule has 5 nitrogen and oxygen atoms in total. The number of benzene rings is 1. The van der Waals surface area contributed by atoms with Crippen molar-refractivity contribution in [3.8, 4) is 0 Å². The fraction of sp³-hybridized carbons (Fsp3) is 0.0833. The van der Waals surface area contributed by atoms with Gasteiger partial charge in [0.2, 0.25) is 0 Å². The van der Waals surface area contributed by atoms with Crippen LogP contribution in [0, 0.1) is 10.1 Å². The lowest BCUT2D eigenvalue weighted by Gasteiger charge is -2.11. The Kier molecular flexibility index (Phi) is 3.30. The highest BCUT2D eigenvalue weighted by Crippen LogP contribution is 2.18. The molecule has 1 aromatic heterocycles. The first kappa shape index (κ1) is 11.1. The summed E-state index contributed by atoms with van der Waals surface area (Å²) in [7, 11) is 0. The van der Waals surface area contributed by atoms with Crippen molar-refractivity contribution < 1.29 is 4.92 Å². The van der Waals surface area contributed by atoms with Crippen LogP contribution in [0.5, 0.6) is 0 Å². The molecule has 1 heterocycles. The highest BCUT2D eigenvalue weighted by Gasteiger charge is 2.21. The van der Waals surface area contributed by atoms with Crippen molar-refractivity contribution >= 4 is 5.82 Å². The van der Waals surface area contributed by atoms with Crippen molar-refractivity contribution in [1.82, 2.24) is 4.98 Å². The minimum atomic E-state index is -0.980. The highest BCUT2D eigenvalue weighted by atomic mass is 16.6. The van der Waals surface area contributed by atoms with Gasteiger partial charge in [0, 0.05) is 11.8 Å². The molecule has 0 aliphatic carbocycles. The second kappa shape index (κ2) is 5.07. The average molecular weight is 229 g/mol. The van der Waals surface area contributed by atoms with Crippen molar-refractivity contribution in [3.05, 3.63) is 70.4 Å². The number of pyridine rings is 1. The molecule has 17 heavy (non-hydrogen) atoms. The first-order valence-corrected chi connectivity index (χ1v) is 5.13. The Morgan fingerprint density at radius 3 is 2.41 bits per heavy atom. The number of aromatic nitrogens is 1. The second-order valence-electron chi connectivity index (χ2n) is 3.46. The zero-order chi connectivity index (χ0) is 12.1. The van der Waals surface area contributed by atoms with Crippen molar-refractivity contribution in [2.75, 3.05) is 5.32 Å². The van der Waals surface area contributed by atoms with Crippen LogP contribution in [0.2, 0.25) is 0 Å². The van der Waals surface area contributed by atoms with Gasteiger partial charge < -0.3 is 5.32 Å². The Hall–Kier alpha value is -2.43. The Balaban J connectivity index is 2.23. The standard InChI is InChI=1S/C12H11N3O2/c16-15(17)12(10-6-2-1-3-7-10)14-11-8-4-5-9-13-11/h1-9,12H,(H,13,14). The molecule has 0 spiro atoms. The summed E-state index contributed by atoms with van der Waals surface area (Å²) in [5.41, 5.74) is 0.600. The molecular formula is C12H11N3O2. The van der Waals surface area contributed by atoms with Crippen LogP contribution in [0.15, 0.2) is 54.7 Å². The van der Waals surface area contributed by atoms with E-state index >= 15 is 0 Å². The third kappa shape index (κ3) is 2.78. The van der Waals surface area contributed by atoms with E-state index < -0.39 is 6.17 Å². The second-order valence-corrected chi connectivity index (χ2v) is 3.46. The molecule has 0 fully saturated rings. The van der Waals surface area contributed by atoms with Gasteiger partial charge in [-0.05, 0) is 12.1 Å². The van der Waals surface area contributed by atoms with E-state index in [1.54, 1.807) is 48.7 Å². The summed E-state index contributed by atoms with van der Waals surface area (Å²) in [6.45, 7) is 0. The summed E-state index contributed by atoms with van der Waals surface area (Å²) >= 11 is 0. The fourth-order valence-corrected chi connectivity index (χ4v) is 1.48. The van der Waals surface area contributed by atoms with Crippen LogP contribution in [0.1, 0.15) is 11.7 Å². The molecule has 1 atom stereocenters. The smallest absolute Gasteiger partial charge is 0.304 e. The number of nitrogens with zero attached hydrogens (tertiary/aromatic N) is 2. The zero-order valence-electron chi connectivity index (χ0n) is 8.98. The van der Waals surface area contributed by atoms with Gasteiger partial charge in [-0.1, -0.05) is 36.4 Å². The number of nitro groups is 1. The van der Waals surface area contributed by atoms with Gasteiger partial charge in [0.1, 0.15) is 5.82 Å². The molecule has 0 aliphatic heterocycles. The van der Waals surface area contributed by atoms with Gasteiger partial charge >= 0.3 is 6.17 Å². The molecule has 2 rings (SSSR count). The SMILES string of the molecule is O=[N+]([O-])C(Nc1ccccn1)c1ccccc1. The number of nitrogens with one attached hydrogen (secondary N) is 1. The Labute approximate surface area is 98.3 Å². The lowest BCUT2D eigenvalue weighted by atomic mass is 10.2. The van der Waals surface area contributed by atoms with Crippen molar-refractivity contribution in [1.29, 1.82) is 0 Å². The Bertz CT molecular complexity index is 488. The number of rotatable bonds is 4. The first-order chi connectivity index (χ1) is 8.27. The maximum Gasteiger partial charge on any atom is 0.311 e. The number of hydrogen-bond donors (Lipinski definition) is 1. The number of anilines is 1. The summed E-state index contributed by atoms with van der Waals surface area (Å²) in [5.74, 6) is 0.484. The molecule has 0 saturated carbocycles. The summed E-state index contributed by atoms with van der Waals surface area (Å²) in [4.78, 5) is 14.7. The molecule has 0 saturated heterocycles. The van der Waals surface area contributed by atoms with Gasteiger partial charge in [-0.15, -0.1) is 0 Å². The van der Waals surface area contributed by atoms with Gasteiger partial charge in [0.15, 0.2) is 0 Å². The van der Waals surface area contributed by atoms with E-state index in [1.165, 1.54) is 0 Å². The predicted molar refractivity (Wildman–Crippen MR) is 64.0 cm³/mol. The van der Waals surface area contributed by atoms with Gasteiger partial charge in [0.05, 0.1) is 4.92 Å². The highest BCUT2D eigenvalue weighted by molar-refractivity contribution is 5.36. The molecule has 2 aromatic rings. The van der Waals surface area contributed by atoms with E-state index in [1.807, 2.05) is 6.07 Å². The van der Waals surface area contributed by atoms with Crippen LogP contribution in [0.25, 0.3) is 0 Å². The quantitative estimate of drug-likeness (QED) is 0.496. The van der Waals surface area contributed by atoms with Gasteiger partial charge in [0.25, 0.3) is 0 Å². The van der Waals surface area contributed by atoms with Crippen LogP contribution >= 0.6 is 0 Å². The summed E-state index contributed by atoms with van der Waals surface area (Å²) in [6.07, 6.45) is 0.607. The Morgan fingerprint density at radius 1 is 1.12 bits per heavy atom. The van der Waals surface area contributed by atoms with E-state index in [4.69, 9.17) is 0 Å². The summed E-state index contributed by atoms with van der Waals surface area (Å²) in [6, 6.07) is 14.0. The summed E-state index contributed by atoms with van der Waals surface area (Å²) in [5, 5.41) is 13.8. The van der Waals surface area contributed by atoms with Crippen molar-refractivity contribution in [2.45, 2.75) is 6.17 Å². The van der Waals surface area contributed by atoms with Crippen molar-refractivity contribution in [3.63, 3.8) is 0 Å². The molecule has 1 unspecified atom stereocenters. The predicted octanol–water partition coefficient (Wildman–Crippen LogP) is 2.47. The fourth-order valence-electron chi connectivity index (χ4n) is 1.48. The molecule has 1 aromatic carbocycles. The zero-order valence-corrected chi connectivity index (χ0v) is 8.98. The van der Waals surface area contributed by atoms with Gasteiger partial charge in [-0.3, -0.25) is 10.1 Å². The van der Waals surface area contributed by atoms with E-state index in [2.05, 4.69) is 10.3 Å². The van der Waals surface area contributed by atoms with Crippen LogP contribution in [0.4, 0.5) is 5.82 Å². The van der Waals surface area contributed by atoms with Crippen LogP contribution in [-0.2, 0) is 0 Å². The van der Waals surface area contributed by atoms with Gasteiger partial charge in [-0.25, -0.2) is 4.98 Å². The molecule has 0 aliphatic rings. The third-order valence-electron chi connectivity index (χ3n) is 2.28. The molecule has 0 bridgehead atoms. The molecule has 5 heteroatoms. The maximum absolute atomic E-state index is 11.0. The normalized spacial score (nSPS) is 11.8. The van der Waals surface area contributed by atoms with E-state index in [-0.39, 0.29) is 4.92 Å². The summed E-state index contributed by atoms with van der Waals surface area (Å²) < 4.78 is 0. The van der Waals surface area contributed by atoms with Crippen LogP contribution in [0.3, 0.4) is 0 Å². The third-order valence-corrected chi connectivity index (χ3v) is 2.28. The first-order valence-electron chi connectivity index (χ1n) is 5.13. The molecule has 0 radical (unpaired) electrons. The lowest BCUT2D eigenvalue weighted by molar-refractivity contribution is -0.521. The minimum absolute atomic E-state index is 0.371. The van der Waals surface area contributed by atoms with E-state index in [0.717, 1.165) is 0 Å². The average Bonchev–Trinajstić information content (AvgIpc) is 2.38. The molecular weight excluding hydrogens is 218 g/mol. The lowest BCUT2D eigenvalue weighted by Crippen LogP contribution is -2.20. The van der Waals surface area contributed by atoms with Crippen molar-refractivity contribution in [2.24, 2.45) is 0 Å². The largest absolute Gasteiger partial charge is 0.311 e. The van der Waals surface area contributed by atoms with Crippen LogP contribution < -0.4 is 5.32 Å². The van der Waals surface area contributed by atoms with Gasteiger partial charge in [-0.2, -0.15) is 0 Å². The monoisotopic (exact) mass is 229 g/mol. The molecule has 86 valence electrons. The van der Waals surface area contributed by atoms with E-state index in [0.29, 0.717) is 11.4 Å². The minimum Gasteiger partial charge on any atom is -0.304 e. The van der Waals surface area contributed by atoms with Crippen LogP contribution in [-0.4, -0.2) is 9.91 Å². The van der Waals surface area contributed by atoms with E-state index in [9.17, 15) is 10.1 Å². The molecule has 1 N–H and O–H groups in total. The Morgan fingerprint density at radius 2 is 1.82 bits per heavy atom. The topological polar surface area (TPSA) is 68.1 Å². The molecule has 0 amide bonds. The maximum atomic E-state index is 11.0. The number of hydrogen-bond acceptors (Lipinski definition) is 4.